The van der Waals surface area contributed by atoms with E-state index in [1.54, 1.807) is 30.3 Å². The fourth-order valence-corrected chi connectivity index (χ4v) is 2.78. The van der Waals surface area contributed by atoms with E-state index in [1.807, 2.05) is 6.07 Å². The number of benzene rings is 2. The minimum Gasteiger partial charge on any atom is -0.335 e. The summed E-state index contributed by atoms with van der Waals surface area (Å²) in [6, 6.07) is 10.5. The van der Waals surface area contributed by atoms with Gasteiger partial charge < -0.3 is 4.90 Å². The molecule has 0 aromatic heterocycles. The minimum atomic E-state index is -4.52. The molecular weight excluding hydrogens is 317 g/mol. The molecule has 3 rings (SSSR count). The number of carbonyl (C=O) groups excluding carboxylic acids is 1. The molecule has 0 spiro atoms. The van der Waals surface area contributed by atoms with Crippen molar-refractivity contribution in [2.75, 3.05) is 13.1 Å². The second-order valence-electron chi connectivity index (χ2n) is 5.59. The van der Waals surface area contributed by atoms with Gasteiger partial charge in [0.05, 0.1) is 11.6 Å². The van der Waals surface area contributed by atoms with Crippen LogP contribution in [-0.4, -0.2) is 23.9 Å². The van der Waals surface area contributed by atoms with Gasteiger partial charge in [0.25, 0.3) is 5.91 Å². The van der Waals surface area contributed by atoms with Gasteiger partial charge in [0.2, 0.25) is 0 Å². The summed E-state index contributed by atoms with van der Waals surface area (Å²) in [7, 11) is 0. The highest BCUT2D eigenvalue weighted by atomic mass is 19.4. The molecule has 0 saturated carbocycles. The van der Waals surface area contributed by atoms with Crippen molar-refractivity contribution < 1.29 is 18.0 Å². The first-order valence-corrected chi connectivity index (χ1v) is 7.38. The Morgan fingerprint density at radius 2 is 1.96 bits per heavy atom. The summed E-state index contributed by atoms with van der Waals surface area (Å²) in [5, 5.41) is 9.72. The summed E-state index contributed by atoms with van der Waals surface area (Å²) in [6.07, 6.45) is -2.47. The van der Waals surface area contributed by atoms with Crippen LogP contribution in [0.3, 0.4) is 0 Å². The van der Waals surface area contributed by atoms with E-state index in [4.69, 9.17) is 5.26 Å². The predicted octanol–water partition coefficient (Wildman–Crippen LogP) is 4.15. The molecule has 0 aliphatic carbocycles. The molecule has 0 atom stereocenters. The lowest BCUT2D eigenvalue weighted by Gasteiger charge is -2.25. The van der Waals surface area contributed by atoms with E-state index in [1.165, 1.54) is 4.90 Å². The fourth-order valence-electron chi connectivity index (χ4n) is 2.78. The fraction of sp³-hybridized carbons (Fsp3) is 0.222. The summed E-state index contributed by atoms with van der Waals surface area (Å²) in [4.78, 5) is 14.2. The lowest BCUT2D eigenvalue weighted by Crippen LogP contribution is -2.35. The van der Waals surface area contributed by atoms with E-state index >= 15 is 0 Å². The van der Waals surface area contributed by atoms with Crippen molar-refractivity contribution in [3.8, 4) is 6.07 Å². The average Bonchev–Trinajstić information content (AvgIpc) is 2.59. The van der Waals surface area contributed by atoms with Crippen molar-refractivity contribution in [1.29, 1.82) is 5.26 Å². The lowest BCUT2D eigenvalue weighted by atomic mass is 9.99. The first-order chi connectivity index (χ1) is 11.4. The number of halogens is 3. The second-order valence-corrected chi connectivity index (χ2v) is 5.59. The predicted molar refractivity (Wildman–Crippen MR) is 83.2 cm³/mol. The first kappa shape index (κ1) is 16.1. The second kappa shape index (κ2) is 6.00. The first-order valence-electron chi connectivity index (χ1n) is 7.38. The summed E-state index contributed by atoms with van der Waals surface area (Å²) in [5.74, 6) is -0.453. The van der Waals surface area contributed by atoms with Gasteiger partial charge in [-0.25, -0.2) is 0 Å². The van der Waals surface area contributed by atoms with Crippen LogP contribution in [0, 0.1) is 11.3 Å². The Bertz CT molecular complexity index is 878. The van der Waals surface area contributed by atoms with Crippen LogP contribution in [0.1, 0.15) is 22.3 Å². The van der Waals surface area contributed by atoms with E-state index in [0.29, 0.717) is 29.3 Å². The Labute approximate surface area is 136 Å². The lowest BCUT2D eigenvalue weighted by molar-refractivity contribution is -0.137. The number of carbonyl (C=O) groups is 1. The molecule has 1 heterocycles. The monoisotopic (exact) mass is 330 g/mol. The van der Waals surface area contributed by atoms with Crippen molar-refractivity contribution in [3.05, 3.63) is 59.2 Å². The maximum absolute atomic E-state index is 13.1. The van der Waals surface area contributed by atoms with Gasteiger partial charge in [-0.15, -0.1) is 0 Å². The summed E-state index contributed by atoms with van der Waals surface area (Å²) in [6.45, 7) is 0.551. The molecule has 3 nitrogen and oxygen atoms in total. The van der Waals surface area contributed by atoms with Gasteiger partial charge in [0.1, 0.15) is 0 Å². The molecule has 1 amide bonds. The Morgan fingerprint density at radius 1 is 1.21 bits per heavy atom. The topological polar surface area (TPSA) is 44.1 Å². The van der Waals surface area contributed by atoms with Crippen LogP contribution in [0.2, 0.25) is 0 Å². The van der Waals surface area contributed by atoms with Crippen LogP contribution in [0.4, 0.5) is 13.2 Å². The SMILES string of the molecule is N#CC1=CCN(C(=O)c2cc(C(F)(F)F)cc3ccccc23)CC1. The molecule has 24 heavy (non-hydrogen) atoms. The van der Waals surface area contributed by atoms with Gasteiger partial charge in [-0.2, -0.15) is 18.4 Å². The zero-order valence-corrected chi connectivity index (χ0v) is 12.6. The Kier molecular flexibility index (Phi) is 4.02. The summed E-state index contributed by atoms with van der Waals surface area (Å²) < 4.78 is 39.4. The van der Waals surface area contributed by atoms with Crippen molar-refractivity contribution in [3.63, 3.8) is 0 Å². The molecule has 0 fully saturated rings. The van der Waals surface area contributed by atoms with Crippen molar-refractivity contribution in [2.24, 2.45) is 0 Å². The minimum absolute atomic E-state index is 0.0363. The zero-order valence-electron chi connectivity index (χ0n) is 12.6. The van der Waals surface area contributed by atoms with Gasteiger partial charge >= 0.3 is 6.18 Å². The Morgan fingerprint density at radius 3 is 2.58 bits per heavy atom. The van der Waals surface area contributed by atoms with Crippen LogP contribution < -0.4 is 0 Å². The van der Waals surface area contributed by atoms with E-state index in [-0.39, 0.29) is 12.1 Å². The van der Waals surface area contributed by atoms with Crippen LogP contribution in [0.5, 0.6) is 0 Å². The van der Waals surface area contributed by atoms with E-state index in [9.17, 15) is 18.0 Å². The largest absolute Gasteiger partial charge is 0.416 e. The molecule has 1 aliphatic heterocycles. The molecule has 0 unspecified atom stereocenters. The van der Waals surface area contributed by atoms with Crippen LogP contribution in [0.15, 0.2) is 48.0 Å². The highest BCUT2D eigenvalue weighted by Crippen LogP contribution is 2.34. The van der Waals surface area contributed by atoms with Crippen molar-refractivity contribution >= 4 is 16.7 Å². The Balaban J connectivity index is 2.07. The number of alkyl halides is 3. The van der Waals surface area contributed by atoms with Crippen LogP contribution >= 0.6 is 0 Å². The molecule has 0 radical (unpaired) electrons. The third-order valence-electron chi connectivity index (χ3n) is 4.06. The molecular formula is C18H13F3N2O. The number of rotatable bonds is 1. The van der Waals surface area contributed by atoms with Crippen molar-refractivity contribution in [1.82, 2.24) is 4.90 Å². The Hall–Kier alpha value is -2.81. The molecule has 6 heteroatoms. The number of fused-ring (bicyclic) bond motifs is 1. The molecule has 1 aliphatic rings. The number of hydrogen-bond acceptors (Lipinski definition) is 2. The van der Waals surface area contributed by atoms with Crippen LogP contribution in [0.25, 0.3) is 10.8 Å². The van der Waals surface area contributed by atoms with Crippen molar-refractivity contribution in [2.45, 2.75) is 12.6 Å². The number of nitrogens with zero attached hydrogens (tertiary/aromatic N) is 2. The zero-order chi connectivity index (χ0) is 17.3. The van der Waals surface area contributed by atoms with Gasteiger partial charge in [-0.1, -0.05) is 30.3 Å². The molecule has 0 N–H and O–H groups in total. The highest BCUT2D eigenvalue weighted by Gasteiger charge is 2.32. The highest BCUT2D eigenvalue weighted by molar-refractivity contribution is 6.07. The van der Waals surface area contributed by atoms with E-state index in [2.05, 4.69) is 0 Å². The molecule has 0 saturated heterocycles. The van der Waals surface area contributed by atoms with Gasteiger partial charge in [0, 0.05) is 24.2 Å². The number of nitriles is 1. The molecule has 0 bridgehead atoms. The molecule has 2 aromatic rings. The van der Waals surface area contributed by atoms with E-state index in [0.717, 1.165) is 12.1 Å². The summed E-state index contributed by atoms with van der Waals surface area (Å²) in [5.41, 5.74) is -0.211. The molecule has 2 aromatic carbocycles. The number of amides is 1. The third-order valence-corrected chi connectivity index (χ3v) is 4.06. The molecule has 122 valence electrons. The third kappa shape index (κ3) is 2.98. The smallest absolute Gasteiger partial charge is 0.335 e. The average molecular weight is 330 g/mol. The van der Waals surface area contributed by atoms with Gasteiger partial charge in [-0.05, 0) is 29.3 Å². The maximum atomic E-state index is 13.1. The van der Waals surface area contributed by atoms with E-state index < -0.39 is 17.6 Å². The van der Waals surface area contributed by atoms with Gasteiger partial charge in [-0.3, -0.25) is 4.79 Å². The number of hydrogen-bond donors (Lipinski definition) is 0. The summed E-state index contributed by atoms with van der Waals surface area (Å²) >= 11 is 0. The normalized spacial score (nSPS) is 15.1. The standard InChI is InChI=1S/C18H13F3N2O/c19-18(20,21)14-9-13-3-1-2-4-15(13)16(10-14)17(24)23-7-5-12(11-22)6-8-23/h1-5,9-10H,6-8H2. The van der Waals surface area contributed by atoms with Crippen LogP contribution in [-0.2, 0) is 6.18 Å². The van der Waals surface area contributed by atoms with Gasteiger partial charge in [0.15, 0.2) is 0 Å². The maximum Gasteiger partial charge on any atom is 0.416 e. The quantitative estimate of drug-likeness (QED) is 0.788.